The van der Waals surface area contributed by atoms with Crippen LogP contribution in [0.2, 0.25) is 0 Å². The number of methoxy groups -OCH3 is 3. The third kappa shape index (κ3) is 3.56. The summed E-state index contributed by atoms with van der Waals surface area (Å²) in [5.41, 5.74) is 2.95. The van der Waals surface area contributed by atoms with E-state index in [1.165, 1.54) is 0 Å². The predicted molar refractivity (Wildman–Crippen MR) is 90.0 cm³/mol. The van der Waals surface area contributed by atoms with Crippen molar-refractivity contribution in [2.75, 3.05) is 26.6 Å². The van der Waals surface area contributed by atoms with E-state index < -0.39 is 0 Å². The highest BCUT2D eigenvalue weighted by Crippen LogP contribution is 2.31. The SMILES string of the molecule is COc1ccc(C)cc1NC(=O)c1cc(OC)c(C)c(OC)c1. The largest absolute Gasteiger partial charge is 0.496 e. The molecule has 0 atom stereocenters. The van der Waals surface area contributed by atoms with E-state index in [0.717, 1.165) is 11.1 Å². The number of ether oxygens (including phenoxy) is 3. The van der Waals surface area contributed by atoms with Crippen LogP contribution in [0.25, 0.3) is 0 Å². The van der Waals surface area contributed by atoms with E-state index in [1.54, 1.807) is 33.5 Å². The molecule has 0 fully saturated rings. The van der Waals surface area contributed by atoms with E-state index in [0.29, 0.717) is 28.5 Å². The van der Waals surface area contributed by atoms with Crippen molar-refractivity contribution in [1.82, 2.24) is 0 Å². The first-order valence-electron chi connectivity index (χ1n) is 7.18. The molecule has 0 unspecified atom stereocenters. The maximum Gasteiger partial charge on any atom is 0.256 e. The molecular formula is C18H21NO4. The predicted octanol–water partition coefficient (Wildman–Crippen LogP) is 3.58. The maximum absolute atomic E-state index is 12.6. The number of nitrogens with one attached hydrogen (secondary N) is 1. The van der Waals surface area contributed by atoms with Crippen LogP contribution >= 0.6 is 0 Å². The van der Waals surface area contributed by atoms with Crippen molar-refractivity contribution < 1.29 is 19.0 Å². The highest BCUT2D eigenvalue weighted by molar-refractivity contribution is 6.05. The number of amides is 1. The quantitative estimate of drug-likeness (QED) is 0.916. The highest BCUT2D eigenvalue weighted by atomic mass is 16.5. The molecule has 122 valence electrons. The van der Waals surface area contributed by atoms with Gasteiger partial charge in [0.25, 0.3) is 5.91 Å². The minimum atomic E-state index is -0.259. The summed E-state index contributed by atoms with van der Waals surface area (Å²) in [5.74, 6) is 1.55. The normalized spacial score (nSPS) is 10.1. The van der Waals surface area contributed by atoms with Crippen molar-refractivity contribution in [3.63, 3.8) is 0 Å². The lowest BCUT2D eigenvalue weighted by Crippen LogP contribution is -2.13. The van der Waals surface area contributed by atoms with Gasteiger partial charge in [0.1, 0.15) is 17.2 Å². The molecule has 1 amide bonds. The summed E-state index contributed by atoms with van der Waals surface area (Å²) < 4.78 is 15.9. The third-order valence-corrected chi connectivity index (χ3v) is 3.62. The number of carbonyl (C=O) groups is 1. The number of hydrogen-bond donors (Lipinski definition) is 1. The fraction of sp³-hybridized carbons (Fsp3) is 0.278. The van der Waals surface area contributed by atoms with Gasteiger partial charge < -0.3 is 19.5 Å². The first-order valence-corrected chi connectivity index (χ1v) is 7.18. The van der Waals surface area contributed by atoms with Crippen LogP contribution in [-0.2, 0) is 0 Å². The average Bonchev–Trinajstić information content (AvgIpc) is 2.55. The molecule has 0 bridgehead atoms. The van der Waals surface area contributed by atoms with Gasteiger partial charge in [0.2, 0.25) is 0 Å². The molecule has 1 N–H and O–H groups in total. The van der Waals surface area contributed by atoms with Crippen molar-refractivity contribution in [3.8, 4) is 17.2 Å². The Morgan fingerprint density at radius 1 is 0.870 bits per heavy atom. The van der Waals surface area contributed by atoms with Crippen molar-refractivity contribution in [3.05, 3.63) is 47.0 Å². The molecule has 5 nitrogen and oxygen atoms in total. The van der Waals surface area contributed by atoms with Crippen LogP contribution in [0.15, 0.2) is 30.3 Å². The van der Waals surface area contributed by atoms with Crippen molar-refractivity contribution in [2.24, 2.45) is 0 Å². The summed E-state index contributed by atoms with van der Waals surface area (Å²) in [6.45, 7) is 3.83. The monoisotopic (exact) mass is 315 g/mol. The van der Waals surface area contributed by atoms with Gasteiger partial charge in [-0.3, -0.25) is 4.79 Å². The molecule has 5 heteroatoms. The number of benzene rings is 2. The molecule has 2 rings (SSSR count). The van der Waals surface area contributed by atoms with Crippen LogP contribution in [0.4, 0.5) is 5.69 Å². The molecule has 0 aliphatic rings. The van der Waals surface area contributed by atoms with Gasteiger partial charge in [-0.2, -0.15) is 0 Å². The summed E-state index contributed by atoms with van der Waals surface area (Å²) in [4.78, 5) is 12.6. The Bertz CT molecular complexity index is 700. The Labute approximate surface area is 136 Å². The lowest BCUT2D eigenvalue weighted by molar-refractivity contribution is 0.102. The summed E-state index contributed by atoms with van der Waals surface area (Å²) in [6.07, 6.45) is 0. The lowest BCUT2D eigenvalue weighted by atomic mass is 10.1. The van der Waals surface area contributed by atoms with Gasteiger partial charge in [0.05, 0.1) is 27.0 Å². The maximum atomic E-state index is 12.6. The molecule has 0 saturated carbocycles. The van der Waals surface area contributed by atoms with E-state index in [1.807, 2.05) is 32.0 Å². The second-order valence-corrected chi connectivity index (χ2v) is 5.16. The zero-order chi connectivity index (χ0) is 17.0. The van der Waals surface area contributed by atoms with Gasteiger partial charge in [0, 0.05) is 11.1 Å². The second kappa shape index (κ2) is 7.05. The molecular weight excluding hydrogens is 294 g/mol. The van der Waals surface area contributed by atoms with Gasteiger partial charge in [-0.15, -0.1) is 0 Å². The Morgan fingerprint density at radius 3 is 1.96 bits per heavy atom. The second-order valence-electron chi connectivity index (χ2n) is 5.16. The van der Waals surface area contributed by atoms with Crippen LogP contribution in [0, 0.1) is 13.8 Å². The van der Waals surface area contributed by atoms with Crippen molar-refractivity contribution in [2.45, 2.75) is 13.8 Å². The first-order chi connectivity index (χ1) is 11.0. The average molecular weight is 315 g/mol. The third-order valence-electron chi connectivity index (χ3n) is 3.62. The van der Waals surface area contributed by atoms with Crippen LogP contribution < -0.4 is 19.5 Å². The zero-order valence-electron chi connectivity index (χ0n) is 14.0. The Kier molecular flexibility index (Phi) is 5.11. The summed E-state index contributed by atoms with van der Waals surface area (Å²) in [5, 5.41) is 2.87. The minimum Gasteiger partial charge on any atom is -0.496 e. The molecule has 0 aromatic heterocycles. The van der Waals surface area contributed by atoms with E-state index in [2.05, 4.69) is 5.32 Å². The number of anilines is 1. The minimum absolute atomic E-state index is 0.259. The fourth-order valence-electron chi connectivity index (χ4n) is 2.33. The number of aryl methyl sites for hydroxylation is 1. The molecule has 0 heterocycles. The van der Waals surface area contributed by atoms with Crippen molar-refractivity contribution >= 4 is 11.6 Å². The first kappa shape index (κ1) is 16.7. The van der Waals surface area contributed by atoms with Gasteiger partial charge in [-0.1, -0.05) is 6.07 Å². The summed E-state index contributed by atoms with van der Waals surface area (Å²) in [7, 11) is 4.69. The van der Waals surface area contributed by atoms with Gasteiger partial charge in [-0.05, 0) is 43.7 Å². The molecule has 0 saturated heterocycles. The Morgan fingerprint density at radius 2 is 1.43 bits per heavy atom. The zero-order valence-corrected chi connectivity index (χ0v) is 14.0. The standard InChI is InChI=1S/C18H21NO4/c1-11-6-7-15(21-3)14(8-11)19-18(20)13-9-16(22-4)12(2)17(10-13)23-5/h6-10H,1-5H3,(H,19,20). The van der Waals surface area contributed by atoms with Crippen LogP contribution in [0.3, 0.4) is 0 Å². The smallest absolute Gasteiger partial charge is 0.256 e. The fourth-order valence-corrected chi connectivity index (χ4v) is 2.33. The topological polar surface area (TPSA) is 56.8 Å². The highest BCUT2D eigenvalue weighted by Gasteiger charge is 2.15. The molecule has 2 aromatic rings. The molecule has 0 aliphatic heterocycles. The van der Waals surface area contributed by atoms with Gasteiger partial charge in [-0.25, -0.2) is 0 Å². The number of hydrogen-bond acceptors (Lipinski definition) is 4. The van der Waals surface area contributed by atoms with E-state index in [4.69, 9.17) is 14.2 Å². The molecule has 0 spiro atoms. The van der Waals surface area contributed by atoms with Crippen molar-refractivity contribution in [1.29, 1.82) is 0 Å². The molecule has 0 radical (unpaired) electrons. The van der Waals surface area contributed by atoms with E-state index >= 15 is 0 Å². The van der Waals surface area contributed by atoms with E-state index in [9.17, 15) is 4.79 Å². The Balaban J connectivity index is 2.36. The van der Waals surface area contributed by atoms with E-state index in [-0.39, 0.29) is 5.91 Å². The lowest BCUT2D eigenvalue weighted by Gasteiger charge is -2.14. The summed E-state index contributed by atoms with van der Waals surface area (Å²) >= 11 is 0. The molecule has 0 aliphatic carbocycles. The van der Waals surface area contributed by atoms with Crippen LogP contribution in [0.1, 0.15) is 21.5 Å². The van der Waals surface area contributed by atoms with Crippen LogP contribution in [0.5, 0.6) is 17.2 Å². The van der Waals surface area contributed by atoms with Crippen LogP contribution in [-0.4, -0.2) is 27.2 Å². The van der Waals surface area contributed by atoms with Gasteiger partial charge >= 0.3 is 0 Å². The Hall–Kier alpha value is -2.69. The molecule has 23 heavy (non-hydrogen) atoms. The summed E-state index contributed by atoms with van der Waals surface area (Å²) in [6, 6.07) is 8.98. The number of carbonyl (C=O) groups excluding carboxylic acids is 1. The number of rotatable bonds is 5. The van der Waals surface area contributed by atoms with Gasteiger partial charge in [0.15, 0.2) is 0 Å². The molecule has 2 aromatic carbocycles.